The SMILES string of the molecule is CCC=C(NOC)c1cc(C#N)c(=O)[nH]c1CC. The summed E-state index contributed by atoms with van der Waals surface area (Å²) in [5.41, 5.74) is 4.84. The molecule has 0 saturated carbocycles. The van der Waals surface area contributed by atoms with Crippen LogP contribution in [0.5, 0.6) is 0 Å². The normalized spacial score (nSPS) is 11.1. The van der Waals surface area contributed by atoms with E-state index in [0.29, 0.717) is 6.42 Å². The summed E-state index contributed by atoms with van der Waals surface area (Å²) in [6, 6.07) is 3.47. The van der Waals surface area contributed by atoms with Gasteiger partial charge in [-0.2, -0.15) is 5.26 Å². The fraction of sp³-hybridized carbons (Fsp3) is 0.385. The molecule has 0 aliphatic carbocycles. The lowest BCUT2D eigenvalue weighted by molar-refractivity contribution is 0.136. The molecule has 96 valence electrons. The molecule has 18 heavy (non-hydrogen) atoms. The van der Waals surface area contributed by atoms with Crippen LogP contribution in [0.15, 0.2) is 16.9 Å². The van der Waals surface area contributed by atoms with Crippen molar-refractivity contribution in [1.29, 1.82) is 5.26 Å². The molecule has 1 heterocycles. The van der Waals surface area contributed by atoms with Crippen molar-refractivity contribution < 1.29 is 4.84 Å². The molecule has 5 nitrogen and oxygen atoms in total. The van der Waals surface area contributed by atoms with Crippen LogP contribution in [-0.4, -0.2) is 12.1 Å². The second kappa shape index (κ2) is 6.62. The van der Waals surface area contributed by atoms with Crippen molar-refractivity contribution >= 4 is 5.70 Å². The monoisotopic (exact) mass is 247 g/mol. The van der Waals surface area contributed by atoms with Gasteiger partial charge in [-0.25, -0.2) is 0 Å². The van der Waals surface area contributed by atoms with Crippen LogP contribution in [0.4, 0.5) is 0 Å². The summed E-state index contributed by atoms with van der Waals surface area (Å²) < 4.78 is 0. The number of hydrogen-bond donors (Lipinski definition) is 2. The van der Waals surface area contributed by atoms with Crippen LogP contribution < -0.4 is 11.0 Å². The third kappa shape index (κ3) is 2.99. The summed E-state index contributed by atoms with van der Waals surface area (Å²) in [6.07, 6.45) is 3.43. The molecule has 0 aliphatic rings. The van der Waals surface area contributed by atoms with Gasteiger partial charge in [0.05, 0.1) is 12.8 Å². The van der Waals surface area contributed by atoms with Crippen LogP contribution in [-0.2, 0) is 11.3 Å². The number of nitrogens with one attached hydrogen (secondary N) is 2. The lowest BCUT2D eigenvalue weighted by atomic mass is 10.1. The van der Waals surface area contributed by atoms with Gasteiger partial charge in [0.25, 0.3) is 5.56 Å². The average Bonchev–Trinajstić information content (AvgIpc) is 2.38. The Morgan fingerprint density at radius 1 is 1.61 bits per heavy atom. The summed E-state index contributed by atoms with van der Waals surface area (Å²) in [7, 11) is 1.52. The largest absolute Gasteiger partial charge is 0.324 e. The fourth-order valence-electron chi connectivity index (χ4n) is 1.69. The fourth-order valence-corrected chi connectivity index (χ4v) is 1.69. The second-order valence-corrected chi connectivity index (χ2v) is 3.70. The zero-order valence-electron chi connectivity index (χ0n) is 10.8. The van der Waals surface area contributed by atoms with Crippen molar-refractivity contribution in [2.45, 2.75) is 26.7 Å². The van der Waals surface area contributed by atoms with Crippen LogP contribution >= 0.6 is 0 Å². The summed E-state index contributed by atoms with van der Waals surface area (Å²) >= 11 is 0. The molecule has 0 aromatic carbocycles. The van der Waals surface area contributed by atoms with Crippen LogP contribution in [0.3, 0.4) is 0 Å². The molecule has 5 heteroatoms. The molecular weight excluding hydrogens is 230 g/mol. The van der Waals surface area contributed by atoms with Gasteiger partial charge in [-0.05, 0) is 18.9 Å². The number of nitriles is 1. The van der Waals surface area contributed by atoms with Crippen molar-refractivity contribution in [3.05, 3.63) is 39.3 Å². The van der Waals surface area contributed by atoms with Gasteiger partial charge in [-0.1, -0.05) is 19.9 Å². The first-order valence-corrected chi connectivity index (χ1v) is 5.83. The third-order valence-corrected chi connectivity index (χ3v) is 2.51. The van der Waals surface area contributed by atoms with Gasteiger partial charge in [0.15, 0.2) is 0 Å². The second-order valence-electron chi connectivity index (χ2n) is 3.70. The Bertz CT molecular complexity index is 538. The number of hydroxylamine groups is 1. The molecule has 0 aliphatic heterocycles. The highest BCUT2D eigenvalue weighted by Gasteiger charge is 2.11. The molecule has 0 spiro atoms. The number of pyridine rings is 1. The standard InChI is InChI=1S/C13H17N3O2/c1-4-6-12(16-18-3)10-7-9(8-14)13(17)15-11(10)5-2/h6-7,16H,4-5H2,1-3H3,(H,15,17). The van der Waals surface area contributed by atoms with E-state index in [1.165, 1.54) is 7.11 Å². The van der Waals surface area contributed by atoms with Crippen LogP contribution in [0.1, 0.15) is 37.1 Å². The number of rotatable bonds is 5. The van der Waals surface area contributed by atoms with Gasteiger partial charge in [-0.15, -0.1) is 0 Å². The van der Waals surface area contributed by atoms with E-state index in [0.717, 1.165) is 23.4 Å². The molecule has 2 N–H and O–H groups in total. The maximum Gasteiger partial charge on any atom is 0.266 e. The number of allylic oxidation sites excluding steroid dienone is 1. The van der Waals surface area contributed by atoms with Crippen molar-refractivity contribution in [3.63, 3.8) is 0 Å². The summed E-state index contributed by atoms with van der Waals surface area (Å²) in [5, 5.41) is 8.91. The molecular formula is C13H17N3O2. The molecule has 1 aromatic rings. The molecule has 1 rings (SSSR count). The van der Waals surface area contributed by atoms with E-state index in [9.17, 15) is 4.79 Å². The third-order valence-electron chi connectivity index (χ3n) is 2.51. The maximum absolute atomic E-state index is 11.6. The van der Waals surface area contributed by atoms with Crippen molar-refractivity contribution in [2.75, 3.05) is 7.11 Å². The summed E-state index contributed by atoms with van der Waals surface area (Å²) in [5.74, 6) is 0. The van der Waals surface area contributed by atoms with Gasteiger partial charge in [-0.3, -0.25) is 15.1 Å². The number of aromatic amines is 1. The Morgan fingerprint density at radius 2 is 2.33 bits per heavy atom. The highest BCUT2D eigenvalue weighted by atomic mass is 16.6. The van der Waals surface area contributed by atoms with Gasteiger partial charge in [0.2, 0.25) is 0 Å². The predicted molar refractivity (Wildman–Crippen MR) is 69.6 cm³/mol. The number of aryl methyl sites for hydroxylation is 1. The molecule has 0 radical (unpaired) electrons. The smallest absolute Gasteiger partial charge is 0.266 e. The topological polar surface area (TPSA) is 77.9 Å². The van der Waals surface area contributed by atoms with Gasteiger partial charge in [0, 0.05) is 11.3 Å². The Morgan fingerprint density at radius 3 is 2.83 bits per heavy atom. The first-order chi connectivity index (χ1) is 8.67. The van der Waals surface area contributed by atoms with Gasteiger partial charge < -0.3 is 4.98 Å². The van der Waals surface area contributed by atoms with Crippen LogP contribution in [0.2, 0.25) is 0 Å². The highest BCUT2D eigenvalue weighted by Crippen LogP contribution is 2.16. The number of hydrogen-bond acceptors (Lipinski definition) is 4. The highest BCUT2D eigenvalue weighted by molar-refractivity contribution is 5.66. The van der Waals surface area contributed by atoms with Crippen molar-refractivity contribution in [2.24, 2.45) is 0 Å². The van der Waals surface area contributed by atoms with Gasteiger partial charge >= 0.3 is 0 Å². The lowest BCUT2D eigenvalue weighted by Gasteiger charge is -2.13. The first-order valence-electron chi connectivity index (χ1n) is 5.83. The predicted octanol–water partition coefficient (Wildman–Crippen LogP) is 1.71. The van der Waals surface area contributed by atoms with E-state index in [4.69, 9.17) is 10.1 Å². The maximum atomic E-state index is 11.6. The number of H-pyrrole nitrogens is 1. The van der Waals surface area contributed by atoms with Crippen molar-refractivity contribution in [1.82, 2.24) is 10.5 Å². The molecule has 0 amide bonds. The molecule has 0 fully saturated rings. The van der Waals surface area contributed by atoms with Crippen LogP contribution in [0.25, 0.3) is 5.70 Å². The van der Waals surface area contributed by atoms with E-state index in [2.05, 4.69) is 10.5 Å². The van der Waals surface area contributed by atoms with Crippen molar-refractivity contribution in [3.8, 4) is 6.07 Å². The van der Waals surface area contributed by atoms with E-state index in [-0.39, 0.29) is 11.1 Å². The minimum absolute atomic E-state index is 0.0992. The Hall–Kier alpha value is -2.06. The van der Waals surface area contributed by atoms with E-state index in [1.54, 1.807) is 6.07 Å². The first kappa shape index (κ1) is 14.0. The van der Waals surface area contributed by atoms with Crippen LogP contribution in [0, 0.1) is 11.3 Å². The Kier molecular flexibility index (Phi) is 5.15. The quantitative estimate of drug-likeness (QED) is 0.776. The number of nitrogens with zero attached hydrogens (tertiary/aromatic N) is 1. The Balaban J connectivity index is 3.41. The molecule has 0 atom stereocenters. The minimum atomic E-state index is -0.355. The molecule has 1 aromatic heterocycles. The van der Waals surface area contributed by atoms with Gasteiger partial charge in [0.1, 0.15) is 11.6 Å². The summed E-state index contributed by atoms with van der Waals surface area (Å²) in [4.78, 5) is 19.2. The van der Waals surface area contributed by atoms with E-state index in [1.807, 2.05) is 26.0 Å². The lowest BCUT2D eigenvalue weighted by Crippen LogP contribution is -2.18. The zero-order chi connectivity index (χ0) is 13.5. The molecule has 0 bridgehead atoms. The number of aromatic nitrogens is 1. The minimum Gasteiger partial charge on any atom is -0.324 e. The van der Waals surface area contributed by atoms with E-state index < -0.39 is 0 Å². The average molecular weight is 247 g/mol. The molecule has 0 unspecified atom stereocenters. The Labute approximate surface area is 106 Å². The summed E-state index contributed by atoms with van der Waals surface area (Å²) in [6.45, 7) is 3.94. The van der Waals surface area contributed by atoms with E-state index >= 15 is 0 Å². The zero-order valence-corrected chi connectivity index (χ0v) is 10.8. The molecule has 0 saturated heterocycles.